The number of carbonyl (C=O) groups is 2. The van der Waals surface area contributed by atoms with E-state index in [0.29, 0.717) is 6.54 Å². The van der Waals surface area contributed by atoms with E-state index in [1.54, 1.807) is 0 Å². The van der Waals surface area contributed by atoms with Gasteiger partial charge in [-0.15, -0.1) is 0 Å². The number of carbonyl (C=O) groups excluding carboxylic acids is 1. The molecule has 1 heterocycles. The molecule has 0 radical (unpaired) electrons. The normalized spacial score (nSPS) is 19.8. The first-order valence-corrected chi connectivity index (χ1v) is 6.77. The van der Waals surface area contributed by atoms with Gasteiger partial charge in [0.15, 0.2) is 0 Å². The first kappa shape index (κ1) is 13.9. The minimum absolute atomic E-state index is 0.147. The summed E-state index contributed by atoms with van der Waals surface area (Å²) in [4.78, 5) is 24.6. The first-order valence-electron chi connectivity index (χ1n) is 5.98. The van der Waals surface area contributed by atoms with Crippen LogP contribution in [0.5, 0.6) is 0 Å². The van der Waals surface area contributed by atoms with Gasteiger partial charge in [0.1, 0.15) is 0 Å². The van der Waals surface area contributed by atoms with E-state index in [9.17, 15) is 9.59 Å². The van der Waals surface area contributed by atoms with Crippen molar-refractivity contribution < 1.29 is 14.7 Å². The number of carboxylic acids is 1. The number of benzene rings is 1. The molecule has 0 spiro atoms. The van der Waals surface area contributed by atoms with Crippen molar-refractivity contribution in [1.82, 2.24) is 5.32 Å². The van der Waals surface area contributed by atoms with E-state index in [1.807, 2.05) is 30.0 Å². The molecule has 2 rings (SSSR count). The molecule has 1 aliphatic rings. The molecule has 1 amide bonds. The number of halogens is 1. The van der Waals surface area contributed by atoms with E-state index in [4.69, 9.17) is 5.11 Å². The van der Waals surface area contributed by atoms with Crippen LogP contribution in [0.4, 0.5) is 5.69 Å². The van der Waals surface area contributed by atoms with Gasteiger partial charge in [0, 0.05) is 23.2 Å². The Morgan fingerprint density at radius 2 is 2.26 bits per heavy atom. The summed E-state index contributed by atoms with van der Waals surface area (Å²) in [5, 5.41) is 11.8. The summed E-state index contributed by atoms with van der Waals surface area (Å²) in [5.41, 5.74) is 1.90. The van der Waals surface area contributed by atoms with Gasteiger partial charge >= 0.3 is 5.97 Å². The fourth-order valence-corrected chi connectivity index (χ4v) is 2.66. The molecule has 6 heteroatoms. The van der Waals surface area contributed by atoms with Crippen molar-refractivity contribution >= 4 is 33.5 Å². The largest absolute Gasteiger partial charge is 0.481 e. The van der Waals surface area contributed by atoms with E-state index in [-0.39, 0.29) is 19.0 Å². The number of nitrogens with one attached hydrogen (secondary N) is 1. The number of aliphatic carboxylic acids is 1. The van der Waals surface area contributed by atoms with Crippen LogP contribution in [0.25, 0.3) is 0 Å². The summed E-state index contributed by atoms with van der Waals surface area (Å²) >= 11 is 3.39. The molecule has 0 aromatic heterocycles. The van der Waals surface area contributed by atoms with Crippen LogP contribution in [-0.2, 0) is 9.59 Å². The summed E-state index contributed by atoms with van der Waals surface area (Å²) in [7, 11) is 0. The molecule has 19 heavy (non-hydrogen) atoms. The first-order chi connectivity index (χ1) is 8.97. The molecular formula is C13H15BrN2O3. The highest BCUT2D eigenvalue weighted by molar-refractivity contribution is 9.10. The molecule has 0 aliphatic carbocycles. The van der Waals surface area contributed by atoms with Crippen molar-refractivity contribution in [3.05, 3.63) is 28.2 Å². The molecule has 1 aromatic carbocycles. The van der Waals surface area contributed by atoms with Gasteiger partial charge in [-0.1, -0.05) is 15.9 Å². The van der Waals surface area contributed by atoms with Gasteiger partial charge in [0.05, 0.1) is 12.5 Å². The van der Waals surface area contributed by atoms with Gasteiger partial charge in [0.2, 0.25) is 5.91 Å². The van der Waals surface area contributed by atoms with E-state index < -0.39 is 11.9 Å². The standard InChI is InChI=1S/C13H15BrN2O3/c1-8-4-10(14)2-3-11(8)16-6-9(13(18)19)5-15-12(17)7-16/h2-4,9H,5-7H2,1H3,(H,15,17)(H,18,19). The zero-order valence-electron chi connectivity index (χ0n) is 10.5. The highest BCUT2D eigenvalue weighted by atomic mass is 79.9. The SMILES string of the molecule is Cc1cc(Br)ccc1N1CC(=O)NCC(C(=O)O)C1. The minimum atomic E-state index is -0.887. The maximum absolute atomic E-state index is 11.7. The van der Waals surface area contributed by atoms with Gasteiger partial charge in [-0.3, -0.25) is 9.59 Å². The van der Waals surface area contributed by atoms with Crippen LogP contribution in [0, 0.1) is 12.8 Å². The summed E-state index contributed by atoms with van der Waals surface area (Å²) in [6.07, 6.45) is 0. The van der Waals surface area contributed by atoms with E-state index in [1.165, 1.54) is 0 Å². The molecule has 0 saturated carbocycles. The lowest BCUT2D eigenvalue weighted by atomic mass is 10.1. The lowest BCUT2D eigenvalue weighted by Crippen LogP contribution is -2.34. The third kappa shape index (κ3) is 3.26. The Bertz CT molecular complexity index is 519. The maximum Gasteiger partial charge on any atom is 0.310 e. The predicted octanol–water partition coefficient (Wildman–Crippen LogP) is 1.39. The second kappa shape index (κ2) is 5.61. The van der Waals surface area contributed by atoms with E-state index >= 15 is 0 Å². The molecule has 1 atom stereocenters. The molecule has 5 nitrogen and oxygen atoms in total. The van der Waals surface area contributed by atoms with Crippen LogP contribution in [0.1, 0.15) is 5.56 Å². The fraction of sp³-hybridized carbons (Fsp3) is 0.385. The highest BCUT2D eigenvalue weighted by Gasteiger charge is 2.27. The number of amides is 1. The fourth-order valence-electron chi connectivity index (χ4n) is 2.18. The lowest BCUT2D eigenvalue weighted by molar-refractivity contribution is -0.141. The van der Waals surface area contributed by atoms with Crippen molar-refractivity contribution in [3.63, 3.8) is 0 Å². The van der Waals surface area contributed by atoms with Crippen molar-refractivity contribution in [1.29, 1.82) is 0 Å². The third-order valence-corrected chi connectivity index (χ3v) is 3.66. The van der Waals surface area contributed by atoms with Gasteiger partial charge in [-0.05, 0) is 30.7 Å². The molecule has 102 valence electrons. The summed E-state index contributed by atoms with van der Waals surface area (Å²) < 4.78 is 0.961. The number of nitrogens with zero attached hydrogens (tertiary/aromatic N) is 1. The monoisotopic (exact) mass is 326 g/mol. The van der Waals surface area contributed by atoms with Gasteiger partial charge < -0.3 is 15.3 Å². The lowest BCUT2D eigenvalue weighted by Gasteiger charge is -2.25. The van der Waals surface area contributed by atoms with E-state index in [2.05, 4.69) is 21.2 Å². The van der Waals surface area contributed by atoms with Crippen molar-refractivity contribution in [2.75, 3.05) is 24.5 Å². The number of aryl methyl sites for hydroxylation is 1. The Hall–Kier alpha value is -1.56. The molecule has 1 fully saturated rings. The molecule has 1 aliphatic heterocycles. The minimum Gasteiger partial charge on any atom is -0.481 e. The smallest absolute Gasteiger partial charge is 0.310 e. The van der Waals surface area contributed by atoms with Gasteiger partial charge in [0.25, 0.3) is 0 Å². The second-order valence-electron chi connectivity index (χ2n) is 4.65. The number of carboxylic acid groups (broad SMARTS) is 1. The number of hydrogen-bond donors (Lipinski definition) is 2. The summed E-state index contributed by atoms with van der Waals surface area (Å²) in [5.74, 6) is -1.62. The van der Waals surface area contributed by atoms with Crippen LogP contribution < -0.4 is 10.2 Å². The average Bonchev–Trinajstić information content (AvgIpc) is 2.51. The Labute approximate surface area is 119 Å². The summed E-state index contributed by atoms with van der Waals surface area (Å²) in [6, 6.07) is 5.74. The molecule has 1 aromatic rings. The highest BCUT2D eigenvalue weighted by Crippen LogP contribution is 2.25. The number of rotatable bonds is 2. The second-order valence-corrected chi connectivity index (χ2v) is 5.57. The Kier molecular flexibility index (Phi) is 4.09. The quantitative estimate of drug-likeness (QED) is 0.861. The Balaban J connectivity index is 2.29. The molecule has 0 bridgehead atoms. The average molecular weight is 327 g/mol. The van der Waals surface area contributed by atoms with Crippen LogP contribution >= 0.6 is 15.9 Å². The molecule has 2 N–H and O–H groups in total. The zero-order valence-corrected chi connectivity index (χ0v) is 12.1. The van der Waals surface area contributed by atoms with Crippen molar-refractivity contribution in [3.8, 4) is 0 Å². The molecule has 1 saturated heterocycles. The Morgan fingerprint density at radius 3 is 2.89 bits per heavy atom. The van der Waals surface area contributed by atoms with Crippen LogP contribution in [0.3, 0.4) is 0 Å². The van der Waals surface area contributed by atoms with Crippen LogP contribution in [0.2, 0.25) is 0 Å². The van der Waals surface area contributed by atoms with Gasteiger partial charge in [-0.2, -0.15) is 0 Å². The number of hydrogen-bond acceptors (Lipinski definition) is 3. The summed E-state index contributed by atoms with van der Waals surface area (Å²) in [6.45, 7) is 2.64. The van der Waals surface area contributed by atoms with Gasteiger partial charge in [-0.25, -0.2) is 0 Å². The van der Waals surface area contributed by atoms with E-state index in [0.717, 1.165) is 15.7 Å². The molecular weight excluding hydrogens is 312 g/mol. The van der Waals surface area contributed by atoms with Crippen LogP contribution in [-0.4, -0.2) is 36.6 Å². The third-order valence-electron chi connectivity index (χ3n) is 3.17. The maximum atomic E-state index is 11.7. The topological polar surface area (TPSA) is 69.6 Å². The van der Waals surface area contributed by atoms with Crippen molar-refractivity contribution in [2.24, 2.45) is 5.92 Å². The predicted molar refractivity (Wildman–Crippen MR) is 75.2 cm³/mol. The Morgan fingerprint density at radius 1 is 1.53 bits per heavy atom. The van der Waals surface area contributed by atoms with Crippen molar-refractivity contribution in [2.45, 2.75) is 6.92 Å². The zero-order chi connectivity index (χ0) is 14.0. The van der Waals surface area contributed by atoms with Crippen LogP contribution in [0.15, 0.2) is 22.7 Å². The number of anilines is 1. The molecule has 1 unspecified atom stereocenters.